The maximum absolute atomic E-state index is 9.00. The number of hydrogen-bond donors (Lipinski definition) is 3. The van der Waals surface area contributed by atoms with Gasteiger partial charge in [0.2, 0.25) is 0 Å². The third kappa shape index (κ3) is 3.10. The van der Waals surface area contributed by atoms with Crippen LogP contribution in [0.3, 0.4) is 0 Å². The highest BCUT2D eigenvalue weighted by Crippen LogP contribution is 1.89. The van der Waals surface area contributed by atoms with Gasteiger partial charge in [-0.15, -0.1) is 10.2 Å². The van der Waals surface area contributed by atoms with Gasteiger partial charge in [-0.2, -0.15) is 0 Å². The molecule has 0 aliphatic rings. The van der Waals surface area contributed by atoms with Gasteiger partial charge in [0, 0.05) is 13.6 Å². The van der Waals surface area contributed by atoms with Crippen LogP contribution >= 0.6 is 0 Å². The van der Waals surface area contributed by atoms with Crippen LogP contribution < -0.4 is 5.32 Å². The van der Waals surface area contributed by atoms with Crippen molar-refractivity contribution in [3.63, 3.8) is 0 Å². The molecule has 0 saturated carbocycles. The molecular weight excluding hydrogens is 172 g/mol. The normalized spacial score (nSPS) is 13.2. The zero-order chi connectivity index (χ0) is 9.68. The first kappa shape index (κ1) is 10.1. The van der Waals surface area contributed by atoms with Crippen LogP contribution in [0.25, 0.3) is 0 Å². The van der Waals surface area contributed by atoms with Crippen molar-refractivity contribution in [1.29, 1.82) is 0 Å². The third-order valence-corrected chi connectivity index (χ3v) is 1.68. The van der Waals surface area contributed by atoms with Crippen molar-refractivity contribution in [2.24, 2.45) is 7.05 Å². The van der Waals surface area contributed by atoms with Crippen LogP contribution in [0.5, 0.6) is 0 Å². The van der Waals surface area contributed by atoms with E-state index in [-0.39, 0.29) is 6.61 Å². The second kappa shape index (κ2) is 4.90. The molecular formula is C7H14N4O2. The van der Waals surface area contributed by atoms with Crippen LogP contribution in [0, 0.1) is 0 Å². The van der Waals surface area contributed by atoms with Gasteiger partial charge in [0.05, 0.1) is 19.3 Å². The van der Waals surface area contributed by atoms with Gasteiger partial charge in [-0.3, -0.25) is 0 Å². The summed E-state index contributed by atoms with van der Waals surface area (Å²) in [5.74, 6) is 0.796. The second-order valence-electron chi connectivity index (χ2n) is 2.83. The van der Waals surface area contributed by atoms with Gasteiger partial charge in [0.25, 0.3) is 0 Å². The zero-order valence-corrected chi connectivity index (χ0v) is 7.51. The highest BCUT2D eigenvalue weighted by Gasteiger charge is 2.03. The molecule has 1 heterocycles. The standard InChI is InChI=1S/C7H14N4O2/c1-11-5-9-10-7(11)3-8-2-6(13)4-12/h5-6,8,12-13H,2-4H2,1H3/t6-/m0/s1. The zero-order valence-electron chi connectivity index (χ0n) is 7.51. The molecule has 0 unspecified atom stereocenters. The predicted molar refractivity (Wildman–Crippen MR) is 45.8 cm³/mol. The molecule has 6 nitrogen and oxygen atoms in total. The molecule has 0 spiro atoms. The van der Waals surface area contributed by atoms with E-state index in [4.69, 9.17) is 10.2 Å². The first-order valence-electron chi connectivity index (χ1n) is 4.06. The molecule has 3 N–H and O–H groups in total. The van der Waals surface area contributed by atoms with Crippen molar-refractivity contribution in [3.05, 3.63) is 12.2 Å². The Balaban J connectivity index is 2.24. The number of hydrogen-bond acceptors (Lipinski definition) is 5. The lowest BCUT2D eigenvalue weighted by Crippen LogP contribution is -2.29. The highest BCUT2D eigenvalue weighted by molar-refractivity contribution is 4.83. The van der Waals surface area contributed by atoms with Gasteiger partial charge in [-0.1, -0.05) is 0 Å². The molecule has 0 aliphatic heterocycles. The monoisotopic (exact) mass is 186 g/mol. The fourth-order valence-corrected chi connectivity index (χ4v) is 0.882. The molecule has 0 aliphatic carbocycles. The molecule has 6 heteroatoms. The minimum absolute atomic E-state index is 0.230. The molecule has 0 saturated heterocycles. The van der Waals surface area contributed by atoms with Crippen molar-refractivity contribution < 1.29 is 10.2 Å². The first-order valence-corrected chi connectivity index (χ1v) is 4.06. The molecule has 0 radical (unpaired) electrons. The molecule has 1 rings (SSSR count). The Morgan fingerprint density at radius 2 is 2.46 bits per heavy atom. The van der Waals surface area contributed by atoms with Gasteiger partial charge in [0.1, 0.15) is 12.2 Å². The summed E-state index contributed by atoms with van der Waals surface area (Å²) in [6, 6.07) is 0. The van der Waals surface area contributed by atoms with E-state index in [0.29, 0.717) is 13.1 Å². The fraction of sp³-hybridized carbons (Fsp3) is 0.714. The lowest BCUT2D eigenvalue weighted by Gasteiger charge is -2.07. The van der Waals surface area contributed by atoms with Crippen molar-refractivity contribution in [3.8, 4) is 0 Å². The molecule has 1 aromatic heterocycles. The summed E-state index contributed by atoms with van der Waals surface area (Å²) < 4.78 is 1.79. The van der Waals surface area contributed by atoms with Crippen LogP contribution in [0.15, 0.2) is 6.33 Å². The topological polar surface area (TPSA) is 83.2 Å². The van der Waals surface area contributed by atoms with Gasteiger partial charge in [0.15, 0.2) is 0 Å². The van der Waals surface area contributed by atoms with Crippen molar-refractivity contribution >= 4 is 0 Å². The summed E-state index contributed by atoms with van der Waals surface area (Å²) in [5, 5.41) is 28.0. The number of nitrogens with zero attached hydrogens (tertiary/aromatic N) is 3. The Hall–Kier alpha value is -0.980. The smallest absolute Gasteiger partial charge is 0.146 e. The Kier molecular flexibility index (Phi) is 3.81. The van der Waals surface area contributed by atoms with Crippen molar-refractivity contribution in [2.75, 3.05) is 13.2 Å². The van der Waals surface area contributed by atoms with E-state index in [2.05, 4.69) is 15.5 Å². The number of aliphatic hydroxyl groups excluding tert-OH is 2. The first-order chi connectivity index (χ1) is 6.24. The largest absolute Gasteiger partial charge is 0.394 e. The van der Waals surface area contributed by atoms with Crippen molar-refractivity contribution in [1.82, 2.24) is 20.1 Å². The van der Waals surface area contributed by atoms with E-state index in [0.717, 1.165) is 5.82 Å². The van der Waals surface area contributed by atoms with Gasteiger partial charge >= 0.3 is 0 Å². The molecule has 0 amide bonds. The molecule has 13 heavy (non-hydrogen) atoms. The maximum Gasteiger partial charge on any atom is 0.146 e. The van der Waals surface area contributed by atoms with Crippen molar-refractivity contribution in [2.45, 2.75) is 12.6 Å². The molecule has 0 aromatic carbocycles. The van der Waals surface area contributed by atoms with Crippen LogP contribution in [0.2, 0.25) is 0 Å². The van der Waals surface area contributed by atoms with E-state index in [1.54, 1.807) is 10.9 Å². The summed E-state index contributed by atoms with van der Waals surface area (Å²) in [5.41, 5.74) is 0. The summed E-state index contributed by atoms with van der Waals surface area (Å²) in [6.45, 7) is 0.655. The Labute approximate surface area is 76.2 Å². The quantitative estimate of drug-likeness (QED) is 0.508. The average molecular weight is 186 g/mol. The van der Waals surface area contributed by atoms with E-state index in [1.807, 2.05) is 7.05 Å². The maximum atomic E-state index is 9.00. The van der Waals surface area contributed by atoms with Crippen LogP contribution in [-0.4, -0.2) is 44.2 Å². The summed E-state index contributed by atoms with van der Waals surface area (Å²) in [4.78, 5) is 0. The minimum Gasteiger partial charge on any atom is -0.394 e. The highest BCUT2D eigenvalue weighted by atomic mass is 16.3. The van der Waals surface area contributed by atoms with E-state index >= 15 is 0 Å². The summed E-state index contributed by atoms with van der Waals surface area (Å²) >= 11 is 0. The number of aryl methyl sites for hydroxylation is 1. The Bertz CT molecular complexity index is 250. The van der Waals surface area contributed by atoms with Crippen LogP contribution in [-0.2, 0) is 13.6 Å². The lowest BCUT2D eigenvalue weighted by atomic mass is 10.4. The SMILES string of the molecule is Cn1cnnc1CNC[C@H](O)CO. The third-order valence-electron chi connectivity index (χ3n) is 1.68. The molecule has 1 aromatic rings. The number of nitrogens with one attached hydrogen (secondary N) is 1. The Morgan fingerprint density at radius 1 is 1.69 bits per heavy atom. The van der Waals surface area contributed by atoms with E-state index < -0.39 is 6.10 Å². The van der Waals surface area contributed by atoms with E-state index in [1.165, 1.54) is 0 Å². The molecule has 0 fully saturated rings. The van der Waals surface area contributed by atoms with E-state index in [9.17, 15) is 0 Å². The Morgan fingerprint density at radius 3 is 3.00 bits per heavy atom. The second-order valence-corrected chi connectivity index (χ2v) is 2.83. The predicted octanol–water partition coefficient (Wildman–Crippen LogP) is -1.74. The number of aliphatic hydroxyl groups is 2. The van der Waals surface area contributed by atoms with Gasteiger partial charge in [-0.25, -0.2) is 0 Å². The van der Waals surface area contributed by atoms with Crippen LogP contribution in [0.4, 0.5) is 0 Å². The number of aromatic nitrogens is 3. The minimum atomic E-state index is -0.715. The van der Waals surface area contributed by atoms with Gasteiger partial charge in [-0.05, 0) is 0 Å². The average Bonchev–Trinajstić information content (AvgIpc) is 2.52. The number of rotatable bonds is 5. The lowest BCUT2D eigenvalue weighted by molar-refractivity contribution is 0.0940. The molecule has 74 valence electrons. The summed E-state index contributed by atoms with van der Waals surface area (Å²) in [7, 11) is 1.85. The van der Waals surface area contributed by atoms with Gasteiger partial charge < -0.3 is 20.1 Å². The van der Waals surface area contributed by atoms with Crippen LogP contribution in [0.1, 0.15) is 5.82 Å². The molecule has 0 bridgehead atoms. The fourth-order valence-electron chi connectivity index (χ4n) is 0.882. The summed E-state index contributed by atoms with van der Waals surface area (Å²) in [6.07, 6.45) is 0.896. The molecule has 1 atom stereocenters.